The molecule has 0 saturated heterocycles. The molecule has 0 fully saturated rings. The molecule has 0 unspecified atom stereocenters. The number of thiophene rings is 1. The number of nitrogens with zero attached hydrogens (tertiary/aromatic N) is 2. The largest absolute Gasteiger partial charge is 0.392 e. The van der Waals surface area contributed by atoms with E-state index in [9.17, 15) is 4.39 Å². The Hall–Kier alpha value is -1.59. The van der Waals surface area contributed by atoms with Crippen molar-refractivity contribution in [3.63, 3.8) is 0 Å². The van der Waals surface area contributed by atoms with Crippen LogP contribution >= 0.6 is 11.3 Å². The van der Waals surface area contributed by atoms with E-state index in [1.807, 2.05) is 0 Å². The summed E-state index contributed by atoms with van der Waals surface area (Å²) in [6, 6.07) is 1.79. The van der Waals surface area contributed by atoms with Crippen LogP contribution in [0.2, 0.25) is 0 Å². The van der Waals surface area contributed by atoms with Gasteiger partial charge < -0.3 is 5.11 Å². The van der Waals surface area contributed by atoms with Gasteiger partial charge in [0.1, 0.15) is 5.83 Å². The zero-order chi connectivity index (χ0) is 11.4. The topological polar surface area (TPSA) is 46.0 Å². The van der Waals surface area contributed by atoms with Crippen molar-refractivity contribution in [3.05, 3.63) is 41.0 Å². The second kappa shape index (κ2) is 4.96. The summed E-state index contributed by atoms with van der Waals surface area (Å²) in [4.78, 5) is 8.52. The zero-order valence-electron chi connectivity index (χ0n) is 8.30. The van der Waals surface area contributed by atoms with Crippen molar-refractivity contribution in [1.29, 1.82) is 0 Å². The van der Waals surface area contributed by atoms with E-state index in [4.69, 9.17) is 5.11 Å². The lowest BCUT2D eigenvalue weighted by atomic mass is 10.2. The van der Waals surface area contributed by atoms with E-state index >= 15 is 0 Å². The quantitative estimate of drug-likeness (QED) is 0.890. The zero-order valence-corrected chi connectivity index (χ0v) is 9.12. The molecule has 1 N–H and O–H groups in total. The lowest BCUT2D eigenvalue weighted by Crippen LogP contribution is -1.86. The Morgan fingerprint density at radius 1 is 1.50 bits per heavy atom. The first-order valence-electron chi connectivity index (χ1n) is 4.63. The minimum absolute atomic E-state index is 0.316. The van der Waals surface area contributed by atoms with Crippen molar-refractivity contribution in [1.82, 2.24) is 9.97 Å². The van der Waals surface area contributed by atoms with Crippen molar-refractivity contribution in [2.24, 2.45) is 0 Å². The van der Waals surface area contributed by atoms with Gasteiger partial charge >= 0.3 is 0 Å². The third kappa shape index (κ3) is 2.15. The van der Waals surface area contributed by atoms with Crippen LogP contribution in [-0.2, 0) is 0 Å². The average Bonchev–Trinajstić information content (AvgIpc) is 2.79. The number of hydrogen-bond acceptors (Lipinski definition) is 4. The Morgan fingerprint density at radius 2 is 2.38 bits per heavy atom. The molecule has 3 nitrogen and oxygen atoms in total. The molecular formula is C11H9FN2OS. The van der Waals surface area contributed by atoms with E-state index in [-0.39, 0.29) is 6.61 Å². The number of aromatic nitrogens is 2. The van der Waals surface area contributed by atoms with Gasteiger partial charge in [-0.1, -0.05) is 0 Å². The maximum absolute atomic E-state index is 13.6. The summed E-state index contributed by atoms with van der Waals surface area (Å²) >= 11 is 1.27. The maximum Gasteiger partial charge on any atom is 0.139 e. The van der Waals surface area contributed by atoms with Crippen molar-refractivity contribution in [2.45, 2.75) is 0 Å². The Bertz CT molecular complexity index is 496. The first-order chi connectivity index (χ1) is 7.83. The highest BCUT2D eigenvalue weighted by Crippen LogP contribution is 2.32. The predicted octanol–water partition coefficient (Wildman–Crippen LogP) is 2.51. The summed E-state index contributed by atoms with van der Waals surface area (Å²) in [7, 11) is 0. The molecule has 82 valence electrons. The van der Waals surface area contributed by atoms with Crippen molar-refractivity contribution >= 4 is 17.2 Å². The number of rotatable bonds is 3. The summed E-state index contributed by atoms with van der Waals surface area (Å²) in [6.07, 6.45) is 5.84. The van der Waals surface area contributed by atoms with Crippen LogP contribution in [0.15, 0.2) is 36.1 Å². The minimum Gasteiger partial charge on any atom is -0.392 e. The Kier molecular flexibility index (Phi) is 3.38. The molecule has 5 heteroatoms. The number of hydrogen-bond donors (Lipinski definition) is 1. The normalized spacial score (nSPS) is 11.8. The van der Waals surface area contributed by atoms with Crippen molar-refractivity contribution in [2.75, 3.05) is 6.61 Å². The molecule has 16 heavy (non-hydrogen) atoms. The third-order valence-electron chi connectivity index (χ3n) is 1.99. The summed E-state index contributed by atoms with van der Waals surface area (Å²) in [5, 5.41) is 10.4. The van der Waals surface area contributed by atoms with Crippen LogP contribution in [-0.4, -0.2) is 21.7 Å². The number of aliphatic hydroxyl groups excluding tert-OH is 1. The van der Waals surface area contributed by atoms with Crippen LogP contribution < -0.4 is 0 Å². The van der Waals surface area contributed by atoms with Crippen LogP contribution in [0.25, 0.3) is 17.1 Å². The van der Waals surface area contributed by atoms with Gasteiger partial charge in [0.2, 0.25) is 0 Å². The summed E-state index contributed by atoms with van der Waals surface area (Å²) < 4.78 is 13.6. The number of halogens is 1. The minimum atomic E-state index is -0.432. The molecule has 2 heterocycles. The smallest absolute Gasteiger partial charge is 0.139 e. The van der Waals surface area contributed by atoms with Crippen molar-refractivity contribution in [3.8, 4) is 11.3 Å². The molecule has 0 atom stereocenters. The second-order valence-corrected chi connectivity index (χ2v) is 3.90. The van der Waals surface area contributed by atoms with Gasteiger partial charge in [-0.15, -0.1) is 11.3 Å². The highest BCUT2D eigenvalue weighted by atomic mass is 32.1. The van der Waals surface area contributed by atoms with E-state index in [1.54, 1.807) is 30.0 Å². The Balaban J connectivity index is 2.44. The first kappa shape index (κ1) is 10.9. The molecule has 0 saturated carbocycles. The molecule has 0 spiro atoms. The van der Waals surface area contributed by atoms with Crippen molar-refractivity contribution < 1.29 is 9.50 Å². The lowest BCUT2D eigenvalue weighted by molar-refractivity contribution is 0.342. The highest BCUT2D eigenvalue weighted by Gasteiger charge is 2.11. The molecule has 0 radical (unpaired) electrons. The van der Waals surface area contributed by atoms with E-state index in [1.165, 1.54) is 11.3 Å². The van der Waals surface area contributed by atoms with E-state index < -0.39 is 5.83 Å². The second-order valence-electron chi connectivity index (χ2n) is 2.99. The van der Waals surface area contributed by atoms with Gasteiger partial charge in [-0.3, -0.25) is 9.97 Å². The summed E-state index contributed by atoms with van der Waals surface area (Å²) in [5.41, 5.74) is 1.32. The SMILES string of the molecule is OC/C=C(\F)c1sccc1-c1cnccn1. The predicted molar refractivity (Wildman–Crippen MR) is 61.5 cm³/mol. The van der Waals surface area contributed by atoms with E-state index in [0.29, 0.717) is 16.1 Å². The summed E-state index contributed by atoms with van der Waals surface area (Å²) in [6.45, 7) is -0.316. The van der Waals surface area contributed by atoms with Crippen LogP contribution in [0.4, 0.5) is 4.39 Å². The molecule has 0 bridgehead atoms. The molecule has 0 aliphatic rings. The molecular weight excluding hydrogens is 227 g/mol. The average molecular weight is 236 g/mol. The molecule has 0 aliphatic heterocycles. The van der Waals surface area contributed by atoms with Gasteiger partial charge in [0, 0.05) is 18.0 Å². The maximum atomic E-state index is 13.6. The van der Waals surface area contributed by atoms with Gasteiger partial charge in [0.15, 0.2) is 0 Å². The fraction of sp³-hybridized carbons (Fsp3) is 0.0909. The molecule has 0 amide bonds. The summed E-state index contributed by atoms with van der Waals surface area (Å²) in [5.74, 6) is -0.432. The Morgan fingerprint density at radius 3 is 3.06 bits per heavy atom. The van der Waals surface area contributed by atoms with E-state index in [2.05, 4.69) is 9.97 Å². The molecule has 2 rings (SSSR count). The number of aliphatic hydroxyl groups is 1. The van der Waals surface area contributed by atoms with Gasteiger partial charge in [-0.2, -0.15) is 0 Å². The Labute approximate surface area is 95.9 Å². The lowest BCUT2D eigenvalue weighted by Gasteiger charge is -2.00. The fourth-order valence-corrected chi connectivity index (χ4v) is 2.14. The van der Waals surface area contributed by atoms with Crippen LogP contribution in [0.3, 0.4) is 0 Å². The monoisotopic (exact) mass is 236 g/mol. The molecule has 2 aromatic rings. The van der Waals surface area contributed by atoms with Gasteiger partial charge in [-0.05, 0) is 17.5 Å². The van der Waals surface area contributed by atoms with E-state index in [0.717, 1.165) is 6.08 Å². The first-order valence-corrected chi connectivity index (χ1v) is 5.51. The molecule has 0 aromatic carbocycles. The standard InChI is InChI=1S/C11H9FN2OS/c12-9(1-5-15)11-8(2-6-16-11)10-7-13-3-4-14-10/h1-4,6-7,15H,5H2/b9-1-. The van der Waals surface area contributed by atoms with Gasteiger partial charge in [0.05, 0.1) is 23.4 Å². The van der Waals surface area contributed by atoms with Gasteiger partial charge in [-0.25, -0.2) is 4.39 Å². The molecule has 2 aromatic heterocycles. The highest BCUT2D eigenvalue weighted by molar-refractivity contribution is 7.11. The molecule has 0 aliphatic carbocycles. The fourth-order valence-electron chi connectivity index (χ4n) is 1.31. The van der Waals surface area contributed by atoms with Crippen LogP contribution in [0.1, 0.15) is 4.88 Å². The van der Waals surface area contributed by atoms with Crippen LogP contribution in [0.5, 0.6) is 0 Å². The third-order valence-corrected chi connectivity index (χ3v) is 2.91. The van der Waals surface area contributed by atoms with Gasteiger partial charge in [0.25, 0.3) is 0 Å². The van der Waals surface area contributed by atoms with Crippen LogP contribution in [0, 0.1) is 0 Å².